The Morgan fingerprint density at radius 2 is 2.17 bits per heavy atom. The summed E-state index contributed by atoms with van der Waals surface area (Å²) in [6, 6.07) is 5.54. The Hall–Kier alpha value is -1.49. The lowest BCUT2D eigenvalue weighted by Crippen LogP contribution is -1.86. The Kier molecular flexibility index (Phi) is 1.51. The number of nitrogens with two attached hydrogens (primary N) is 1. The fourth-order valence-electron chi connectivity index (χ4n) is 1.40. The average molecular weight is 158 g/mol. The van der Waals surface area contributed by atoms with Gasteiger partial charge in [-0.3, -0.25) is 0 Å². The minimum Gasteiger partial charge on any atom is -0.399 e. The third-order valence-electron chi connectivity index (χ3n) is 2.19. The quantitative estimate of drug-likeness (QED) is 0.494. The molecular weight excluding hydrogens is 148 g/mol. The van der Waals surface area contributed by atoms with Crippen LogP contribution in [0.25, 0.3) is 4.85 Å². The van der Waals surface area contributed by atoms with E-state index in [0.29, 0.717) is 5.92 Å². The smallest absolute Gasteiger partial charge is 0.190 e. The van der Waals surface area contributed by atoms with Crippen molar-refractivity contribution in [2.75, 3.05) is 5.73 Å². The molecular formula is C10H10N2. The van der Waals surface area contributed by atoms with Gasteiger partial charge in [0.15, 0.2) is 5.69 Å². The normalized spacial score (nSPS) is 15.6. The van der Waals surface area contributed by atoms with Crippen LogP contribution in [0.4, 0.5) is 11.4 Å². The minimum atomic E-state index is 0.609. The van der Waals surface area contributed by atoms with Crippen LogP contribution in [-0.2, 0) is 0 Å². The lowest BCUT2D eigenvalue weighted by Gasteiger charge is -2.02. The van der Waals surface area contributed by atoms with Crippen LogP contribution in [0.3, 0.4) is 0 Å². The second kappa shape index (κ2) is 2.53. The predicted molar refractivity (Wildman–Crippen MR) is 49.1 cm³/mol. The number of rotatable bonds is 1. The molecule has 2 heteroatoms. The molecule has 2 nitrogen and oxygen atoms in total. The Morgan fingerprint density at radius 3 is 2.75 bits per heavy atom. The molecule has 1 saturated carbocycles. The highest BCUT2D eigenvalue weighted by atomic mass is 14.7. The number of nitrogen functional groups attached to an aromatic ring is 1. The highest BCUT2D eigenvalue weighted by molar-refractivity contribution is 5.60. The highest BCUT2D eigenvalue weighted by Gasteiger charge is 2.25. The zero-order valence-electron chi connectivity index (χ0n) is 6.75. The first-order chi connectivity index (χ1) is 5.81. The van der Waals surface area contributed by atoms with Crippen molar-refractivity contribution in [2.45, 2.75) is 18.8 Å². The van der Waals surface area contributed by atoms with Crippen molar-refractivity contribution in [1.29, 1.82) is 0 Å². The van der Waals surface area contributed by atoms with Gasteiger partial charge < -0.3 is 5.73 Å². The lowest BCUT2D eigenvalue weighted by molar-refractivity contribution is 1.14. The summed E-state index contributed by atoms with van der Waals surface area (Å²) in [4.78, 5) is 3.47. The summed E-state index contributed by atoms with van der Waals surface area (Å²) in [5, 5.41) is 0. The number of hydrogen-bond donors (Lipinski definition) is 1. The average Bonchev–Trinajstić information content (AvgIpc) is 2.87. The molecule has 1 fully saturated rings. The molecule has 60 valence electrons. The van der Waals surface area contributed by atoms with Crippen LogP contribution in [0, 0.1) is 6.57 Å². The molecule has 0 saturated heterocycles. The maximum atomic E-state index is 6.96. The van der Waals surface area contributed by atoms with Gasteiger partial charge >= 0.3 is 0 Å². The molecule has 0 aromatic heterocycles. The van der Waals surface area contributed by atoms with Crippen molar-refractivity contribution < 1.29 is 0 Å². The van der Waals surface area contributed by atoms with E-state index in [-0.39, 0.29) is 0 Å². The van der Waals surface area contributed by atoms with E-state index in [1.807, 2.05) is 12.1 Å². The number of benzene rings is 1. The monoisotopic (exact) mass is 158 g/mol. The zero-order chi connectivity index (χ0) is 8.55. The lowest BCUT2D eigenvalue weighted by atomic mass is 10.1. The topological polar surface area (TPSA) is 30.4 Å². The van der Waals surface area contributed by atoms with Crippen molar-refractivity contribution in [3.8, 4) is 0 Å². The van der Waals surface area contributed by atoms with Crippen LogP contribution >= 0.6 is 0 Å². The number of nitrogens with zero attached hydrogens (tertiary/aromatic N) is 1. The van der Waals surface area contributed by atoms with E-state index in [0.717, 1.165) is 16.9 Å². The number of anilines is 1. The summed E-state index contributed by atoms with van der Waals surface area (Å²) >= 11 is 0. The Bertz CT molecular complexity index is 345. The van der Waals surface area contributed by atoms with Crippen LogP contribution in [0.2, 0.25) is 0 Å². The van der Waals surface area contributed by atoms with E-state index < -0.39 is 0 Å². The summed E-state index contributed by atoms with van der Waals surface area (Å²) in [5.41, 5.74) is 8.33. The molecule has 0 heterocycles. The molecule has 0 unspecified atom stereocenters. The highest BCUT2D eigenvalue weighted by Crippen LogP contribution is 2.44. The van der Waals surface area contributed by atoms with Crippen LogP contribution < -0.4 is 5.73 Å². The van der Waals surface area contributed by atoms with Crippen LogP contribution in [-0.4, -0.2) is 0 Å². The molecule has 1 aliphatic rings. The van der Waals surface area contributed by atoms with Gasteiger partial charge in [0.25, 0.3) is 0 Å². The molecule has 1 aliphatic carbocycles. The third kappa shape index (κ3) is 1.14. The minimum absolute atomic E-state index is 0.609. The van der Waals surface area contributed by atoms with Crippen molar-refractivity contribution in [1.82, 2.24) is 0 Å². The van der Waals surface area contributed by atoms with E-state index >= 15 is 0 Å². The SMILES string of the molecule is [C-]#[N+]c1ccc(N)cc1C1CC1. The van der Waals surface area contributed by atoms with Gasteiger partial charge in [-0.25, -0.2) is 4.85 Å². The molecule has 2 rings (SSSR count). The molecule has 0 radical (unpaired) electrons. The molecule has 12 heavy (non-hydrogen) atoms. The summed E-state index contributed by atoms with van der Waals surface area (Å²) in [6.07, 6.45) is 2.43. The van der Waals surface area contributed by atoms with Gasteiger partial charge in [-0.1, -0.05) is 6.07 Å². The summed E-state index contributed by atoms with van der Waals surface area (Å²) < 4.78 is 0. The van der Waals surface area contributed by atoms with Crippen molar-refractivity contribution in [3.05, 3.63) is 35.2 Å². The van der Waals surface area contributed by atoms with Crippen LogP contribution in [0.5, 0.6) is 0 Å². The van der Waals surface area contributed by atoms with Crippen LogP contribution in [0.15, 0.2) is 18.2 Å². The third-order valence-corrected chi connectivity index (χ3v) is 2.19. The second-order valence-corrected chi connectivity index (χ2v) is 3.20. The molecule has 0 aliphatic heterocycles. The van der Waals surface area contributed by atoms with Gasteiger partial charge in [-0.05, 0) is 36.5 Å². The Morgan fingerprint density at radius 1 is 1.42 bits per heavy atom. The molecule has 0 bridgehead atoms. The zero-order valence-corrected chi connectivity index (χ0v) is 6.75. The summed E-state index contributed by atoms with van der Waals surface area (Å²) in [5.74, 6) is 0.609. The Labute approximate surface area is 71.8 Å². The predicted octanol–water partition coefficient (Wildman–Crippen LogP) is 2.70. The van der Waals surface area contributed by atoms with E-state index in [9.17, 15) is 0 Å². The van der Waals surface area contributed by atoms with E-state index in [2.05, 4.69) is 4.85 Å². The molecule has 0 atom stereocenters. The molecule has 1 aromatic carbocycles. The first-order valence-corrected chi connectivity index (χ1v) is 4.08. The number of hydrogen-bond acceptors (Lipinski definition) is 1. The van der Waals surface area contributed by atoms with Gasteiger partial charge in [0.1, 0.15) is 0 Å². The molecule has 0 spiro atoms. The van der Waals surface area contributed by atoms with Gasteiger partial charge in [-0.15, -0.1) is 0 Å². The van der Waals surface area contributed by atoms with Gasteiger partial charge in [0.2, 0.25) is 0 Å². The maximum absolute atomic E-state index is 6.96. The summed E-state index contributed by atoms with van der Waals surface area (Å²) in [7, 11) is 0. The maximum Gasteiger partial charge on any atom is 0.190 e. The van der Waals surface area contributed by atoms with Crippen molar-refractivity contribution in [3.63, 3.8) is 0 Å². The molecule has 1 aromatic rings. The van der Waals surface area contributed by atoms with Crippen molar-refractivity contribution in [2.24, 2.45) is 0 Å². The fraction of sp³-hybridized carbons (Fsp3) is 0.300. The van der Waals surface area contributed by atoms with E-state index in [4.69, 9.17) is 12.3 Å². The largest absolute Gasteiger partial charge is 0.399 e. The summed E-state index contributed by atoms with van der Waals surface area (Å²) in [6.45, 7) is 6.96. The first kappa shape index (κ1) is 7.17. The first-order valence-electron chi connectivity index (χ1n) is 4.08. The molecule has 2 N–H and O–H groups in total. The van der Waals surface area contributed by atoms with Gasteiger partial charge in [-0.2, -0.15) is 0 Å². The van der Waals surface area contributed by atoms with E-state index in [1.165, 1.54) is 12.8 Å². The van der Waals surface area contributed by atoms with Crippen molar-refractivity contribution >= 4 is 11.4 Å². The second-order valence-electron chi connectivity index (χ2n) is 3.20. The van der Waals surface area contributed by atoms with Crippen LogP contribution in [0.1, 0.15) is 24.3 Å². The van der Waals surface area contributed by atoms with Gasteiger partial charge in [0, 0.05) is 5.69 Å². The Balaban J connectivity index is 2.48. The molecule has 0 amide bonds. The van der Waals surface area contributed by atoms with E-state index in [1.54, 1.807) is 6.07 Å². The standard InChI is InChI=1S/C10H10N2/c1-12-10-5-4-8(11)6-9(10)7-2-3-7/h4-7H,2-3,11H2. The fourth-order valence-corrected chi connectivity index (χ4v) is 1.40. The van der Waals surface area contributed by atoms with Gasteiger partial charge in [0.05, 0.1) is 6.57 Å².